The molecule has 0 spiro atoms. The molecule has 0 bridgehead atoms. The molecule has 4 aromatic carbocycles. The molecule has 2 heterocycles. The smallest absolute Gasteiger partial charge is 0.343 e. The molecule has 2 saturated heterocycles. The van der Waals surface area contributed by atoms with E-state index in [1.165, 1.54) is 36.3 Å². The molecule has 3 atom stereocenters. The quantitative estimate of drug-likeness (QED) is 0.179. The van der Waals surface area contributed by atoms with Crippen LogP contribution in [0.4, 0.5) is 10.1 Å². The number of fused-ring (bicyclic) bond motifs is 1. The maximum Gasteiger partial charge on any atom is 0.343 e. The Morgan fingerprint density at radius 2 is 1.54 bits per heavy atom. The van der Waals surface area contributed by atoms with E-state index < -0.39 is 35.8 Å². The van der Waals surface area contributed by atoms with E-state index in [2.05, 4.69) is 0 Å². The van der Waals surface area contributed by atoms with Crippen molar-refractivity contribution < 1.29 is 33.1 Å². The fourth-order valence-corrected chi connectivity index (χ4v) is 5.23. The first-order valence-electron chi connectivity index (χ1n) is 13.0. The van der Waals surface area contributed by atoms with Crippen LogP contribution in [0, 0.1) is 11.7 Å². The van der Waals surface area contributed by atoms with Gasteiger partial charge in [-0.25, -0.2) is 14.2 Å². The first-order chi connectivity index (χ1) is 19.9. The standard InChI is InChI=1S/C32H25FN2O6/c1-39-26-18-22(14-17-25(26)40-32(38)21-12-15-23(33)16-13-21)28-27-29(41-35(28)24-10-6-3-7-11-24)31(37)34(30(27)36)19-20-8-4-2-5-9-20/h2-18,27-29H,19H2,1H3/t27-,28+,29+/m1/s1. The van der Waals surface area contributed by atoms with Crippen LogP contribution in [0.15, 0.2) is 103 Å². The SMILES string of the molecule is COc1cc([C@H]2[C@H]3C(=O)N(Cc4ccccc4)C(=O)[C@H]3ON2c2ccccc2)ccc1OC(=O)c1ccc(F)cc1. The van der Waals surface area contributed by atoms with E-state index in [-0.39, 0.29) is 29.5 Å². The molecular formula is C32H25FN2O6. The normalized spacial score (nSPS) is 19.8. The van der Waals surface area contributed by atoms with Gasteiger partial charge >= 0.3 is 5.97 Å². The zero-order valence-electron chi connectivity index (χ0n) is 22.0. The lowest BCUT2D eigenvalue weighted by Gasteiger charge is -2.29. The number of benzene rings is 4. The average molecular weight is 553 g/mol. The molecular weight excluding hydrogens is 527 g/mol. The summed E-state index contributed by atoms with van der Waals surface area (Å²) in [5, 5.41) is 1.59. The maximum atomic E-state index is 13.8. The summed E-state index contributed by atoms with van der Waals surface area (Å²) in [4.78, 5) is 47.3. The van der Waals surface area contributed by atoms with Crippen LogP contribution < -0.4 is 14.5 Å². The fourth-order valence-electron chi connectivity index (χ4n) is 5.23. The van der Waals surface area contributed by atoms with E-state index in [0.717, 1.165) is 5.56 Å². The highest BCUT2D eigenvalue weighted by Crippen LogP contribution is 2.48. The first kappa shape index (κ1) is 26.2. The second-order valence-electron chi connectivity index (χ2n) is 9.71. The number of anilines is 1. The van der Waals surface area contributed by atoms with Crippen LogP contribution in [0.1, 0.15) is 27.5 Å². The second kappa shape index (κ2) is 10.9. The third-order valence-electron chi connectivity index (χ3n) is 7.21. The molecule has 9 heteroatoms. The average Bonchev–Trinajstić information content (AvgIpc) is 3.50. The van der Waals surface area contributed by atoms with Crippen molar-refractivity contribution in [3.63, 3.8) is 0 Å². The topological polar surface area (TPSA) is 85.4 Å². The lowest BCUT2D eigenvalue weighted by atomic mass is 9.90. The fraction of sp³-hybridized carbons (Fsp3) is 0.156. The molecule has 8 nitrogen and oxygen atoms in total. The largest absolute Gasteiger partial charge is 0.493 e. The molecule has 0 unspecified atom stereocenters. The van der Waals surface area contributed by atoms with Gasteiger partial charge in [-0.05, 0) is 59.7 Å². The Morgan fingerprint density at radius 3 is 2.22 bits per heavy atom. The first-order valence-corrected chi connectivity index (χ1v) is 13.0. The van der Waals surface area contributed by atoms with E-state index in [1.54, 1.807) is 23.3 Å². The predicted molar refractivity (Wildman–Crippen MR) is 146 cm³/mol. The number of hydroxylamine groups is 1. The van der Waals surface area contributed by atoms with Gasteiger partial charge in [-0.2, -0.15) is 0 Å². The summed E-state index contributed by atoms with van der Waals surface area (Å²) in [7, 11) is 1.43. The van der Waals surface area contributed by atoms with Crippen molar-refractivity contribution in [2.24, 2.45) is 5.92 Å². The molecule has 2 aliphatic rings. The molecule has 2 aliphatic heterocycles. The third kappa shape index (κ3) is 4.92. The van der Waals surface area contributed by atoms with Crippen LogP contribution in [0.3, 0.4) is 0 Å². The van der Waals surface area contributed by atoms with Crippen molar-refractivity contribution in [2.45, 2.75) is 18.7 Å². The lowest BCUT2D eigenvalue weighted by Crippen LogP contribution is -2.36. The van der Waals surface area contributed by atoms with Gasteiger partial charge in [-0.1, -0.05) is 54.6 Å². The molecule has 0 saturated carbocycles. The molecule has 2 amide bonds. The van der Waals surface area contributed by atoms with Gasteiger partial charge in [0.25, 0.3) is 5.91 Å². The summed E-state index contributed by atoms with van der Waals surface area (Å²) in [5.74, 6) is -2.31. The molecule has 6 rings (SSSR count). The number of hydrogen-bond acceptors (Lipinski definition) is 7. The minimum atomic E-state index is -1.00. The number of amides is 2. The van der Waals surface area contributed by atoms with E-state index >= 15 is 0 Å². The van der Waals surface area contributed by atoms with Crippen LogP contribution in [-0.4, -0.2) is 35.9 Å². The van der Waals surface area contributed by atoms with Crippen LogP contribution in [0.25, 0.3) is 0 Å². The maximum absolute atomic E-state index is 13.8. The zero-order chi connectivity index (χ0) is 28.5. The number of likely N-dealkylation sites (tertiary alicyclic amines) is 1. The minimum absolute atomic E-state index is 0.145. The number of carbonyl (C=O) groups is 3. The van der Waals surface area contributed by atoms with Crippen LogP contribution in [-0.2, 0) is 21.0 Å². The summed E-state index contributed by atoms with van der Waals surface area (Å²) in [6.45, 7) is 0.147. The summed E-state index contributed by atoms with van der Waals surface area (Å²) >= 11 is 0. The highest BCUT2D eigenvalue weighted by molar-refractivity contribution is 6.07. The van der Waals surface area contributed by atoms with Gasteiger partial charge in [0.2, 0.25) is 5.91 Å². The molecule has 0 aliphatic carbocycles. The Hall–Kier alpha value is -5.02. The summed E-state index contributed by atoms with van der Waals surface area (Å²) in [6.07, 6.45) is -1.00. The van der Waals surface area contributed by atoms with E-state index in [9.17, 15) is 18.8 Å². The van der Waals surface area contributed by atoms with E-state index in [1.807, 2.05) is 60.7 Å². The third-order valence-corrected chi connectivity index (χ3v) is 7.21. The summed E-state index contributed by atoms with van der Waals surface area (Å²) in [6, 6.07) is 27.8. The number of carbonyl (C=O) groups excluding carboxylic acids is 3. The lowest BCUT2D eigenvalue weighted by molar-refractivity contribution is -0.143. The van der Waals surface area contributed by atoms with Gasteiger partial charge in [0.1, 0.15) is 11.7 Å². The van der Waals surface area contributed by atoms with Crippen molar-refractivity contribution in [2.75, 3.05) is 12.2 Å². The molecule has 4 aromatic rings. The predicted octanol–water partition coefficient (Wildman–Crippen LogP) is 5.10. The van der Waals surface area contributed by atoms with E-state index in [4.69, 9.17) is 14.3 Å². The molecule has 41 heavy (non-hydrogen) atoms. The van der Waals surface area contributed by atoms with Crippen LogP contribution >= 0.6 is 0 Å². The van der Waals surface area contributed by atoms with Gasteiger partial charge in [-0.15, -0.1) is 0 Å². The van der Waals surface area contributed by atoms with Gasteiger partial charge in [0.15, 0.2) is 17.6 Å². The highest BCUT2D eigenvalue weighted by atomic mass is 19.1. The molecule has 0 aromatic heterocycles. The Bertz CT molecular complexity index is 1600. The zero-order valence-corrected chi connectivity index (χ0v) is 22.0. The van der Waals surface area contributed by atoms with Crippen LogP contribution in [0.2, 0.25) is 0 Å². The molecule has 0 N–H and O–H groups in total. The number of ether oxygens (including phenoxy) is 2. The molecule has 206 valence electrons. The molecule has 2 fully saturated rings. The number of esters is 1. The minimum Gasteiger partial charge on any atom is -0.493 e. The Balaban J connectivity index is 1.34. The number of nitrogens with zero attached hydrogens (tertiary/aromatic N) is 2. The Labute approximate surface area is 235 Å². The Kier molecular flexibility index (Phi) is 6.94. The van der Waals surface area contributed by atoms with Gasteiger partial charge in [-0.3, -0.25) is 19.3 Å². The van der Waals surface area contributed by atoms with Gasteiger partial charge in [0, 0.05) is 0 Å². The number of methoxy groups -OCH3 is 1. The van der Waals surface area contributed by atoms with Crippen molar-refractivity contribution >= 4 is 23.5 Å². The van der Waals surface area contributed by atoms with Gasteiger partial charge < -0.3 is 9.47 Å². The summed E-state index contributed by atoms with van der Waals surface area (Å²) in [5.41, 5.74) is 2.31. The molecule has 0 radical (unpaired) electrons. The van der Waals surface area contributed by atoms with Crippen molar-refractivity contribution in [3.8, 4) is 11.5 Å². The van der Waals surface area contributed by atoms with Crippen molar-refractivity contribution in [3.05, 3.63) is 126 Å². The number of hydrogen-bond donors (Lipinski definition) is 0. The van der Waals surface area contributed by atoms with Crippen LogP contribution in [0.5, 0.6) is 11.5 Å². The van der Waals surface area contributed by atoms with E-state index in [0.29, 0.717) is 11.3 Å². The monoisotopic (exact) mass is 552 g/mol. The number of halogens is 1. The Morgan fingerprint density at radius 1 is 0.854 bits per heavy atom. The van der Waals surface area contributed by atoms with Gasteiger partial charge in [0.05, 0.1) is 30.9 Å². The number of para-hydroxylation sites is 1. The highest BCUT2D eigenvalue weighted by Gasteiger charge is 2.59. The number of imide groups is 1. The van der Waals surface area contributed by atoms with Crippen molar-refractivity contribution in [1.82, 2.24) is 4.90 Å². The second-order valence-corrected chi connectivity index (χ2v) is 9.71. The summed E-state index contributed by atoms with van der Waals surface area (Å²) < 4.78 is 24.4. The van der Waals surface area contributed by atoms with Crippen molar-refractivity contribution in [1.29, 1.82) is 0 Å². The number of rotatable bonds is 7.